The highest BCUT2D eigenvalue weighted by molar-refractivity contribution is 6.42. The molecular formula is C13H18Cl2N2. The highest BCUT2D eigenvalue weighted by Gasteiger charge is 2.23. The monoisotopic (exact) mass is 272 g/mol. The van der Waals surface area contributed by atoms with E-state index >= 15 is 0 Å². The minimum absolute atomic E-state index is 0.628. The lowest BCUT2D eigenvalue weighted by atomic mass is 10.1. The predicted octanol–water partition coefficient (Wildman–Crippen LogP) is 3.18. The third-order valence-corrected chi connectivity index (χ3v) is 3.90. The molecule has 2 rings (SSSR count). The zero-order valence-electron chi connectivity index (χ0n) is 10.0. The molecular weight excluding hydrogens is 255 g/mol. The van der Waals surface area contributed by atoms with Crippen molar-refractivity contribution in [1.82, 2.24) is 10.2 Å². The first kappa shape index (κ1) is 13.2. The molecule has 1 saturated heterocycles. The van der Waals surface area contributed by atoms with Gasteiger partial charge < -0.3 is 5.32 Å². The lowest BCUT2D eigenvalue weighted by molar-refractivity contribution is 0.138. The van der Waals surface area contributed by atoms with Crippen LogP contribution in [0, 0.1) is 0 Å². The first-order chi connectivity index (χ1) is 8.20. The van der Waals surface area contributed by atoms with Crippen LogP contribution < -0.4 is 5.32 Å². The minimum Gasteiger partial charge on any atom is -0.314 e. The summed E-state index contributed by atoms with van der Waals surface area (Å²) in [5.74, 6) is 0. The zero-order chi connectivity index (χ0) is 12.3. The summed E-state index contributed by atoms with van der Waals surface area (Å²) in [5, 5.41) is 4.59. The number of hydrogen-bond acceptors (Lipinski definition) is 2. The molecule has 2 nitrogen and oxygen atoms in total. The van der Waals surface area contributed by atoms with Gasteiger partial charge in [0, 0.05) is 25.7 Å². The van der Waals surface area contributed by atoms with Gasteiger partial charge in [-0.05, 0) is 30.7 Å². The van der Waals surface area contributed by atoms with Crippen molar-refractivity contribution in [2.24, 2.45) is 0 Å². The van der Waals surface area contributed by atoms with E-state index in [0.29, 0.717) is 16.1 Å². The van der Waals surface area contributed by atoms with Gasteiger partial charge in [0.05, 0.1) is 10.0 Å². The van der Waals surface area contributed by atoms with Crippen LogP contribution in [0.4, 0.5) is 0 Å². The molecule has 1 aromatic carbocycles. The standard InChI is InChI=1S/C13H18Cl2N2/c1-2-5-17(11-7-16-8-11)9-10-3-4-12(14)13(15)6-10/h3-4,6,11,16H,2,5,7-9H2,1H3. The molecule has 1 N–H and O–H groups in total. The number of nitrogens with one attached hydrogen (secondary N) is 1. The molecule has 1 aliphatic rings. The molecule has 0 radical (unpaired) electrons. The Morgan fingerprint density at radius 2 is 2.06 bits per heavy atom. The van der Waals surface area contributed by atoms with Crippen LogP contribution in [0.15, 0.2) is 18.2 Å². The van der Waals surface area contributed by atoms with Crippen LogP contribution in [-0.2, 0) is 6.54 Å². The number of halogens is 2. The molecule has 94 valence electrons. The normalized spacial score (nSPS) is 16.2. The number of hydrogen-bond donors (Lipinski definition) is 1. The maximum absolute atomic E-state index is 6.04. The van der Waals surface area contributed by atoms with Crippen LogP contribution in [-0.4, -0.2) is 30.6 Å². The molecule has 17 heavy (non-hydrogen) atoms. The average molecular weight is 273 g/mol. The summed E-state index contributed by atoms with van der Waals surface area (Å²) in [6, 6.07) is 6.58. The topological polar surface area (TPSA) is 15.3 Å². The fourth-order valence-corrected chi connectivity index (χ4v) is 2.40. The highest BCUT2D eigenvalue weighted by Crippen LogP contribution is 2.23. The van der Waals surface area contributed by atoms with Crippen LogP contribution in [0.1, 0.15) is 18.9 Å². The molecule has 0 unspecified atom stereocenters. The summed E-state index contributed by atoms with van der Waals surface area (Å²) < 4.78 is 0. The first-order valence-electron chi connectivity index (χ1n) is 6.09. The SMILES string of the molecule is CCCN(Cc1ccc(Cl)c(Cl)c1)C1CNC1. The van der Waals surface area contributed by atoms with Gasteiger partial charge >= 0.3 is 0 Å². The number of benzene rings is 1. The Hall–Kier alpha value is -0.280. The molecule has 1 aliphatic heterocycles. The van der Waals surface area contributed by atoms with Gasteiger partial charge in [0.2, 0.25) is 0 Å². The van der Waals surface area contributed by atoms with Crippen LogP contribution in [0.2, 0.25) is 10.0 Å². The predicted molar refractivity (Wildman–Crippen MR) is 73.8 cm³/mol. The summed E-state index contributed by atoms with van der Waals surface area (Å²) in [7, 11) is 0. The highest BCUT2D eigenvalue weighted by atomic mass is 35.5. The Bertz CT molecular complexity index is 378. The molecule has 0 amide bonds. The molecule has 0 saturated carbocycles. The lowest BCUT2D eigenvalue weighted by Crippen LogP contribution is -2.56. The van der Waals surface area contributed by atoms with Crippen LogP contribution >= 0.6 is 23.2 Å². The second-order valence-electron chi connectivity index (χ2n) is 4.53. The van der Waals surface area contributed by atoms with Gasteiger partial charge in [-0.1, -0.05) is 36.2 Å². The van der Waals surface area contributed by atoms with E-state index in [0.717, 1.165) is 26.2 Å². The van der Waals surface area contributed by atoms with E-state index in [-0.39, 0.29) is 0 Å². The van der Waals surface area contributed by atoms with Crippen molar-refractivity contribution in [2.45, 2.75) is 25.9 Å². The van der Waals surface area contributed by atoms with E-state index in [4.69, 9.17) is 23.2 Å². The summed E-state index contributed by atoms with van der Waals surface area (Å²) in [6.45, 7) is 6.50. The third kappa shape index (κ3) is 3.35. The molecule has 1 aromatic rings. The molecule has 0 aliphatic carbocycles. The smallest absolute Gasteiger partial charge is 0.0595 e. The van der Waals surface area contributed by atoms with Gasteiger partial charge in [0.25, 0.3) is 0 Å². The molecule has 1 fully saturated rings. The van der Waals surface area contributed by atoms with Crippen molar-refractivity contribution in [1.29, 1.82) is 0 Å². The number of nitrogens with zero attached hydrogens (tertiary/aromatic N) is 1. The molecule has 4 heteroatoms. The van der Waals surface area contributed by atoms with Crippen molar-refractivity contribution in [2.75, 3.05) is 19.6 Å². The van der Waals surface area contributed by atoms with Gasteiger partial charge in [-0.3, -0.25) is 4.90 Å². The van der Waals surface area contributed by atoms with Gasteiger partial charge in [0.1, 0.15) is 0 Å². The first-order valence-corrected chi connectivity index (χ1v) is 6.85. The number of rotatable bonds is 5. The molecule has 0 spiro atoms. The van der Waals surface area contributed by atoms with E-state index in [2.05, 4.69) is 23.2 Å². The van der Waals surface area contributed by atoms with Crippen molar-refractivity contribution >= 4 is 23.2 Å². The maximum atomic E-state index is 6.04. The summed E-state index contributed by atoms with van der Waals surface area (Å²) in [5.41, 5.74) is 1.24. The average Bonchev–Trinajstić information content (AvgIpc) is 2.21. The Morgan fingerprint density at radius 1 is 1.29 bits per heavy atom. The quantitative estimate of drug-likeness (QED) is 0.886. The van der Waals surface area contributed by atoms with Crippen molar-refractivity contribution < 1.29 is 0 Å². The van der Waals surface area contributed by atoms with Crippen LogP contribution in [0.5, 0.6) is 0 Å². The van der Waals surface area contributed by atoms with E-state index in [9.17, 15) is 0 Å². The minimum atomic E-state index is 0.628. The van der Waals surface area contributed by atoms with Gasteiger partial charge in [-0.2, -0.15) is 0 Å². The third-order valence-electron chi connectivity index (χ3n) is 3.16. The zero-order valence-corrected chi connectivity index (χ0v) is 11.6. The van der Waals surface area contributed by atoms with E-state index in [1.807, 2.05) is 12.1 Å². The Labute approximate surface area is 113 Å². The molecule has 0 aromatic heterocycles. The molecule has 0 atom stereocenters. The van der Waals surface area contributed by atoms with E-state index in [1.54, 1.807) is 0 Å². The Kier molecular flexibility index (Phi) is 4.69. The van der Waals surface area contributed by atoms with Crippen LogP contribution in [0.3, 0.4) is 0 Å². The van der Waals surface area contributed by atoms with E-state index < -0.39 is 0 Å². The van der Waals surface area contributed by atoms with Gasteiger partial charge in [-0.25, -0.2) is 0 Å². The molecule has 0 bridgehead atoms. The van der Waals surface area contributed by atoms with Gasteiger partial charge in [-0.15, -0.1) is 0 Å². The second kappa shape index (κ2) is 6.05. The summed E-state index contributed by atoms with van der Waals surface area (Å²) in [6.07, 6.45) is 1.18. The summed E-state index contributed by atoms with van der Waals surface area (Å²) in [4.78, 5) is 2.51. The van der Waals surface area contributed by atoms with Crippen molar-refractivity contribution in [3.8, 4) is 0 Å². The van der Waals surface area contributed by atoms with E-state index in [1.165, 1.54) is 12.0 Å². The van der Waals surface area contributed by atoms with Crippen molar-refractivity contribution in [3.63, 3.8) is 0 Å². The van der Waals surface area contributed by atoms with Crippen molar-refractivity contribution in [3.05, 3.63) is 33.8 Å². The van der Waals surface area contributed by atoms with Gasteiger partial charge in [0.15, 0.2) is 0 Å². The largest absolute Gasteiger partial charge is 0.314 e. The molecule has 1 heterocycles. The van der Waals surface area contributed by atoms with Crippen LogP contribution in [0.25, 0.3) is 0 Å². The Morgan fingerprint density at radius 3 is 2.59 bits per heavy atom. The Balaban J connectivity index is 2.02. The second-order valence-corrected chi connectivity index (χ2v) is 5.35. The summed E-state index contributed by atoms with van der Waals surface area (Å²) >= 11 is 12.0. The fourth-order valence-electron chi connectivity index (χ4n) is 2.08. The fraction of sp³-hybridized carbons (Fsp3) is 0.538. The lowest BCUT2D eigenvalue weighted by Gasteiger charge is -2.38. The maximum Gasteiger partial charge on any atom is 0.0595 e.